The minimum absolute atomic E-state index is 0.195. The standard InChI is InChI=1S/C18H24N2/c1-13-12-20-11-10-16(13)17(19-5)14-6-8-15(9-7-14)18(2,3)4/h6-12,17,19H,1-5H3. The molecule has 2 nitrogen and oxygen atoms in total. The van der Waals surface area contributed by atoms with Crippen LogP contribution in [-0.2, 0) is 5.41 Å². The van der Waals surface area contributed by atoms with Gasteiger partial charge in [0.15, 0.2) is 0 Å². The Kier molecular flexibility index (Phi) is 4.24. The molecule has 1 heterocycles. The molecule has 1 aromatic carbocycles. The number of aromatic nitrogens is 1. The van der Waals surface area contributed by atoms with Crippen LogP contribution in [0.3, 0.4) is 0 Å². The maximum atomic E-state index is 4.17. The van der Waals surface area contributed by atoms with E-state index in [1.807, 2.05) is 19.4 Å². The molecule has 0 fully saturated rings. The van der Waals surface area contributed by atoms with E-state index < -0.39 is 0 Å². The van der Waals surface area contributed by atoms with Crippen molar-refractivity contribution in [2.75, 3.05) is 7.05 Å². The molecule has 1 unspecified atom stereocenters. The van der Waals surface area contributed by atoms with Crippen LogP contribution in [-0.4, -0.2) is 12.0 Å². The molecule has 0 aliphatic carbocycles. The van der Waals surface area contributed by atoms with Gasteiger partial charge >= 0.3 is 0 Å². The van der Waals surface area contributed by atoms with Gasteiger partial charge in [-0.1, -0.05) is 45.0 Å². The number of pyridine rings is 1. The van der Waals surface area contributed by atoms with Gasteiger partial charge in [-0.15, -0.1) is 0 Å². The molecule has 0 amide bonds. The predicted octanol–water partition coefficient (Wildman–Crippen LogP) is 4.00. The second-order valence-corrected chi connectivity index (χ2v) is 6.33. The van der Waals surface area contributed by atoms with Gasteiger partial charge < -0.3 is 5.32 Å². The monoisotopic (exact) mass is 268 g/mol. The fraction of sp³-hybridized carbons (Fsp3) is 0.389. The van der Waals surface area contributed by atoms with Crippen molar-refractivity contribution in [3.63, 3.8) is 0 Å². The molecule has 20 heavy (non-hydrogen) atoms. The van der Waals surface area contributed by atoms with Crippen molar-refractivity contribution in [3.8, 4) is 0 Å². The minimum Gasteiger partial charge on any atom is -0.309 e. The smallest absolute Gasteiger partial charge is 0.0578 e. The Labute approximate surface area is 122 Å². The lowest BCUT2D eigenvalue weighted by Gasteiger charge is -2.22. The summed E-state index contributed by atoms with van der Waals surface area (Å²) in [7, 11) is 2.00. The van der Waals surface area contributed by atoms with Crippen LogP contribution in [0.2, 0.25) is 0 Å². The third kappa shape index (κ3) is 3.07. The van der Waals surface area contributed by atoms with Crippen molar-refractivity contribution in [2.45, 2.75) is 39.2 Å². The topological polar surface area (TPSA) is 24.9 Å². The van der Waals surface area contributed by atoms with E-state index in [4.69, 9.17) is 0 Å². The van der Waals surface area contributed by atoms with Gasteiger partial charge in [0.05, 0.1) is 6.04 Å². The van der Waals surface area contributed by atoms with E-state index in [2.05, 4.69) is 68.3 Å². The van der Waals surface area contributed by atoms with Gasteiger partial charge in [-0.2, -0.15) is 0 Å². The van der Waals surface area contributed by atoms with E-state index in [1.54, 1.807) is 0 Å². The summed E-state index contributed by atoms with van der Waals surface area (Å²) < 4.78 is 0. The molecule has 1 N–H and O–H groups in total. The summed E-state index contributed by atoms with van der Waals surface area (Å²) in [6, 6.07) is 11.2. The van der Waals surface area contributed by atoms with E-state index in [9.17, 15) is 0 Å². The third-order valence-electron chi connectivity index (χ3n) is 3.77. The summed E-state index contributed by atoms with van der Waals surface area (Å²) in [6.07, 6.45) is 3.78. The first-order chi connectivity index (χ1) is 9.43. The average Bonchev–Trinajstić information content (AvgIpc) is 2.41. The fourth-order valence-corrected chi connectivity index (χ4v) is 2.49. The molecule has 106 valence electrons. The molecule has 1 atom stereocenters. The van der Waals surface area contributed by atoms with Crippen molar-refractivity contribution in [2.24, 2.45) is 0 Å². The van der Waals surface area contributed by atoms with Gasteiger partial charge in [-0.05, 0) is 47.7 Å². The molecule has 0 aliphatic heterocycles. The predicted molar refractivity (Wildman–Crippen MR) is 85.0 cm³/mol. The highest BCUT2D eigenvalue weighted by atomic mass is 14.9. The van der Waals surface area contributed by atoms with Gasteiger partial charge in [0.25, 0.3) is 0 Å². The van der Waals surface area contributed by atoms with Crippen LogP contribution in [0.4, 0.5) is 0 Å². The second kappa shape index (κ2) is 5.76. The average molecular weight is 268 g/mol. The maximum Gasteiger partial charge on any atom is 0.0578 e. The van der Waals surface area contributed by atoms with Crippen molar-refractivity contribution in [3.05, 3.63) is 65.0 Å². The zero-order valence-electron chi connectivity index (χ0n) is 13.1. The zero-order valence-corrected chi connectivity index (χ0v) is 13.1. The summed E-state index contributed by atoms with van der Waals surface area (Å²) in [5.41, 5.74) is 5.34. The third-order valence-corrected chi connectivity index (χ3v) is 3.77. The number of hydrogen-bond acceptors (Lipinski definition) is 2. The van der Waals surface area contributed by atoms with E-state index in [0.29, 0.717) is 0 Å². The Morgan fingerprint density at radius 3 is 2.20 bits per heavy atom. The molecular weight excluding hydrogens is 244 g/mol. The molecular formula is C18H24N2. The van der Waals surface area contributed by atoms with Gasteiger partial charge in [-0.25, -0.2) is 0 Å². The Balaban J connectivity index is 2.36. The largest absolute Gasteiger partial charge is 0.309 e. The highest BCUT2D eigenvalue weighted by Crippen LogP contribution is 2.27. The van der Waals surface area contributed by atoms with E-state index in [-0.39, 0.29) is 11.5 Å². The van der Waals surface area contributed by atoms with Crippen LogP contribution >= 0.6 is 0 Å². The summed E-state index contributed by atoms with van der Waals surface area (Å²) in [4.78, 5) is 4.17. The molecule has 0 saturated heterocycles. The van der Waals surface area contributed by atoms with E-state index >= 15 is 0 Å². The Morgan fingerprint density at radius 1 is 1.05 bits per heavy atom. The van der Waals surface area contributed by atoms with E-state index in [0.717, 1.165) is 0 Å². The summed E-state index contributed by atoms with van der Waals surface area (Å²) in [6.45, 7) is 8.83. The second-order valence-electron chi connectivity index (χ2n) is 6.33. The number of nitrogens with one attached hydrogen (secondary N) is 1. The molecule has 0 aliphatic rings. The van der Waals surface area contributed by atoms with E-state index in [1.165, 1.54) is 22.3 Å². The molecule has 1 aromatic heterocycles. The van der Waals surface area contributed by atoms with Crippen molar-refractivity contribution in [1.29, 1.82) is 0 Å². The summed E-state index contributed by atoms with van der Waals surface area (Å²) in [5.74, 6) is 0. The van der Waals surface area contributed by atoms with Crippen LogP contribution in [0.5, 0.6) is 0 Å². The SMILES string of the molecule is CNC(c1ccc(C(C)(C)C)cc1)c1ccncc1C. The molecule has 2 heteroatoms. The first-order valence-electron chi connectivity index (χ1n) is 7.11. The molecule has 2 aromatic rings. The highest BCUT2D eigenvalue weighted by Gasteiger charge is 2.17. The van der Waals surface area contributed by atoms with Crippen molar-refractivity contribution in [1.82, 2.24) is 10.3 Å². The number of aryl methyl sites for hydroxylation is 1. The Hall–Kier alpha value is -1.67. The molecule has 2 rings (SSSR count). The first-order valence-corrected chi connectivity index (χ1v) is 7.11. The molecule has 0 spiro atoms. The van der Waals surface area contributed by atoms with Gasteiger partial charge in [0, 0.05) is 12.4 Å². The van der Waals surface area contributed by atoms with Crippen LogP contribution in [0, 0.1) is 6.92 Å². The number of rotatable bonds is 3. The lowest BCUT2D eigenvalue weighted by atomic mass is 9.85. The maximum absolute atomic E-state index is 4.17. The zero-order chi connectivity index (χ0) is 14.8. The van der Waals surface area contributed by atoms with Crippen LogP contribution in [0.15, 0.2) is 42.7 Å². The van der Waals surface area contributed by atoms with Gasteiger partial charge in [0.1, 0.15) is 0 Å². The first kappa shape index (κ1) is 14.7. The fourth-order valence-electron chi connectivity index (χ4n) is 2.49. The summed E-state index contributed by atoms with van der Waals surface area (Å²) >= 11 is 0. The van der Waals surface area contributed by atoms with Crippen LogP contribution in [0.1, 0.15) is 49.1 Å². The van der Waals surface area contributed by atoms with Crippen LogP contribution < -0.4 is 5.32 Å². The summed E-state index contributed by atoms with van der Waals surface area (Å²) in [5, 5.41) is 3.41. The molecule has 0 radical (unpaired) electrons. The molecule has 0 saturated carbocycles. The lowest BCUT2D eigenvalue weighted by Crippen LogP contribution is -2.19. The number of hydrogen-bond donors (Lipinski definition) is 1. The van der Waals surface area contributed by atoms with Crippen molar-refractivity contribution < 1.29 is 0 Å². The lowest BCUT2D eigenvalue weighted by molar-refractivity contribution is 0.589. The highest BCUT2D eigenvalue weighted by molar-refractivity contribution is 5.37. The minimum atomic E-state index is 0.195. The van der Waals surface area contributed by atoms with Gasteiger partial charge in [0.2, 0.25) is 0 Å². The quantitative estimate of drug-likeness (QED) is 0.910. The van der Waals surface area contributed by atoms with Crippen molar-refractivity contribution >= 4 is 0 Å². The Morgan fingerprint density at radius 2 is 1.70 bits per heavy atom. The van der Waals surface area contributed by atoms with Crippen LogP contribution in [0.25, 0.3) is 0 Å². The Bertz CT molecular complexity index is 565. The molecule has 0 bridgehead atoms. The number of benzene rings is 1. The number of nitrogens with zero attached hydrogens (tertiary/aromatic N) is 1. The van der Waals surface area contributed by atoms with Gasteiger partial charge in [-0.3, -0.25) is 4.98 Å². The normalized spacial score (nSPS) is 13.2.